The molecule has 1 aliphatic rings. The summed E-state index contributed by atoms with van der Waals surface area (Å²) < 4.78 is 11.4. The molecule has 1 fully saturated rings. The van der Waals surface area contributed by atoms with E-state index in [0.29, 0.717) is 64.3 Å². The van der Waals surface area contributed by atoms with Crippen LogP contribution in [0, 0.1) is 0 Å². The van der Waals surface area contributed by atoms with Gasteiger partial charge in [0.2, 0.25) is 5.91 Å². The Morgan fingerprint density at radius 3 is 2.33 bits per heavy atom. The summed E-state index contributed by atoms with van der Waals surface area (Å²) in [6.45, 7) is 7.96. The van der Waals surface area contributed by atoms with Gasteiger partial charge in [0.25, 0.3) is 0 Å². The third kappa shape index (κ3) is 12.9. The second-order valence-corrected chi connectivity index (χ2v) is 15.9. The predicted molar refractivity (Wildman–Crippen MR) is 213 cm³/mol. The van der Waals surface area contributed by atoms with Crippen molar-refractivity contribution in [3.8, 4) is 0 Å². The van der Waals surface area contributed by atoms with Gasteiger partial charge >= 0.3 is 12.1 Å². The number of hydrogen-bond donors (Lipinski definition) is 3. The minimum Gasteiger partial charge on any atom is -0.446 e. The number of urea groups is 1. The fourth-order valence-corrected chi connectivity index (χ4v) is 8.13. The molecule has 4 N–H and O–H groups in total. The van der Waals surface area contributed by atoms with Gasteiger partial charge in [-0.1, -0.05) is 74.5 Å². The predicted octanol–water partition coefficient (Wildman–Crippen LogP) is 5.95. The lowest BCUT2D eigenvalue weighted by Crippen LogP contribution is -2.54. The van der Waals surface area contributed by atoms with Crippen molar-refractivity contribution in [3.05, 3.63) is 104 Å². The summed E-state index contributed by atoms with van der Waals surface area (Å²) in [5.41, 5.74) is 10.3. The van der Waals surface area contributed by atoms with Crippen molar-refractivity contribution in [2.24, 2.45) is 5.73 Å². The topological polar surface area (TPSA) is 152 Å². The largest absolute Gasteiger partial charge is 0.446 e. The van der Waals surface area contributed by atoms with Crippen LogP contribution in [0.25, 0.3) is 0 Å². The minimum absolute atomic E-state index is 0.183. The zero-order valence-electron chi connectivity index (χ0n) is 31.4. The molecule has 14 heteroatoms. The maximum atomic E-state index is 14.3. The number of nitrogens with two attached hydrogens (primary N) is 1. The van der Waals surface area contributed by atoms with E-state index in [1.165, 1.54) is 0 Å². The van der Waals surface area contributed by atoms with Crippen molar-refractivity contribution in [1.29, 1.82) is 0 Å². The lowest BCUT2D eigenvalue weighted by Gasteiger charge is -2.31. The molecular weight excluding hydrogens is 723 g/mol. The van der Waals surface area contributed by atoms with Gasteiger partial charge in [-0.3, -0.25) is 14.7 Å². The quantitative estimate of drug-likeness (QED) is 0.106. The van der Waals surface area contributed by atoms with Crippen LogP contribution in [0.4, 0.5) is 9.59 Å². The molecule has 4 aromatic rings. The average Bonchev–Trinajstić information content (AvgIpc) is 3.88. The number of aromatic nitrogens is 2. The Balaban J connectivity index is 1.34. The first-order valence-electron chi connectivity index (χ1n) is 18.6. The number of hydrogen-bond acceptors (Lipinski definition) is 10. The molecule has 0 spiro atoms. The molecule has 0 saturated carbocycles. The van der Waals surface area contributed by atoms with Gasteiger partial charge in [-0.2, -0.15) is 0 Å². The van der Waals surface area contributed by atoms with Gasteiger partial charge in [0, 0.05) is 61.0 Å². The van der Waals surface area contributed by atoms with Crippen LogP contribution in [0.15, 0.2) is 77.8 Å². The van der Waals surface area contributed by atoms with E-state index in [0.717, 1.165) is 39.8 Å². The first-order valence-corrected chi connectivity index (χ1v) is 20.4. The fourth-order valence-electron chi connectivity index (χ4n) is 6.65. The third-order valence-electron chi connectivity index (χ3n) is 9.58. The molecular formula is C40H53N7O5S2. The summed E-state index contributed by atoms with van der Waals surface area (Å²) in [5.74, 6) is -0.142. The second-order valence-electron chi connectivity index (χ2n) is 14.1. The molecule has 4 atom stereocenters. The van der Waals surface area contributed by atoms with Gasteiger partial charge < -0.3 is 30.7 Å². The Hall–Kier alpha value is -4.37. The van der Waals surface area contributed by atoms with Crippen LogP contribution in [0.3, 0.4) is 0 Å². The van der Waals surface area contributed by atoms with Gasteiger partial charge in [-0.25, -0.2) is 14.6 Å². The van der Waals surface area contributed by atoms with Crippen LogP contribution in [-0.4, -0.2) is 95.9 Å². The van der Waals surface area contributed by atoms with Crippen LogP contribution in [-0.2, 0) is 33.7 Å². The number of ether oxygens (including phenoxy) is 2. The number of amides is 4. The van der Waals surface area contributed by atoms with Crippen LogP contribution < -0.4 is 16.4 Å². The van der Waals surface area contributed by atoms with Crippen LogP contribution in [0.2, 0.25) is 0 Å². The Morgan fingerprint density at radius 2 is 1.69 bits per heavy atom. The smallest absolute Gasteiger partial charge is 0.404 e. The molecule has 2 aromatic heterocycles. The first kappa shape index (κ1) is 40.8. The van der Waals surface area contributed by atoms with E-state index >= 15 is 0 Å². The second kappa shape index (κ2) is 20.9. The Morgan fingerprint density at radius 1 is 0.963 bits per heavy atom. The summed E-state index contributed by atoms with van der Waals surface area (Å²) in [5, 5.41) is 9.32. The SMILES string of the molecule is CC(C)c1nc(CN(C)C(=O)N[C@@H](CCN2CCOCC2)C(=O)N[C@H](CC[C@@H](OC(N)=O)C(Cc2cncs2)c2ccccc2)Cc2ccccc2)cs1. The highest BCUT2D eigenvalue weighted by Gasteiger charge is 2.30. The first-order chi connectivity index (χ1) is 26.1. The van der Waals surface area contributed by atoms with Gasteiger partial charge in [0.15, 0.2) is 0 Å². The van der Waals surface area contributed by atoms with E-state index in [9.17, 15) is 14.4 Å². The summed E-state index contributed by atoms with van der Waals surface area (Å²) in [4.78, 5) is 54.0. The van der Waals surface area contributed by atoms with Gasteiger partial charge in [-0.15, -0.1) is 22.7 Å². The van der Waals surface area contributed by atoms with E-state index in [1.54, 1.807) is 40.1 Å². The molecule has 12 nitrogen and oxygen atoms in total. The third-order valence-corrected chi connectivity index (χ3v) is 11.6. The molecule has 1 unspecified atom stereocenters. The number of carbonyl (C=O) groups is 3. The average molecular weight is 776 g/mol. The monoisotopic (exact) mass is 775 g/mol. The molecule has 1 saturated heterocycles. The van der Waals surface area contributed by atoms with Crippen molar-refractivity contribution in [2.45, 2.75) is 82.5 Å². The lowest BCUT2D eigenvalue weighted by molar-refractivity contribution is -0.124. The number of benzene rings is 2. The zero-order chi connectivity index (χ0) is 38.3. The highest BCUT2D eigenvalue weighted by Crippen LogP contribution is 2.31. The minimum atomic E-state index is -0.845. The van der Waals surface area contributed by atoms with Gasteiger partial charge in [0.1, 0.15) is 12.1 Å². The molecule has 0 bridgehead atoms. The lowest BCUT2D eigenvalue weighted by atomic mass is 9.86. The number of nitrogens with one attached hydrogen (secondary N) is 2. The highest BCUT2D eigenvalue weighted by molar-refractivity contribution is 7.09. The molecule has 1 aliphatic heterocycles. The van der Waals surface area contributed by atoms with Crippen LogP contribution in [0.1, 0.15) is 71.7 Å². The molecule has 0 aliphatic carbocycles. The summed E-state index contributed by atoms with van der Waals surface area (Å²) in [6.07, 6.45) is 2.96. The van der Waals surface area contributed by atoms with Gasteiger partial charge in [0.05, 0.1) is 36.0 Å². The Bertz CT molecular complexity index is 1720. The number of primary amides is 1. The van der Waals surface area contributed by atoms with E-state index in [1.807, 2.05) is 72.2 Å². The molecule has 54 heavy (non-hydrogen) atoms. The van der Waals surface area contributed by atoms with E-state index < -0.39 is 18.2 Å². The molecule has 0 radical (unpaired) electrons. The molecule has 290 valence electrons. The van der Waals surface area contributed by atoms with Crippen molar-refractivity contribution in [1.82, 2.24) is 30.4 Å². The van der Waals surface area contributed by atoms with Gasteiger partial charge in [-0.05, 0) is 43.2 Å². The molecule has 4 amide bonds. The van der Waals surface area contributed by atoms with E-state index in [4.69, 9.17) is 15.2 Å². The Kier molecular flexibility index (Phi) is 15.8. The van der Waals surface area contributed by atoms with E-state index in [2.05, 4.69) is 39.3 Å². The maximum absolute atomic E-state index is 14.3. The van der Waals surface area contributed by atoms with Crippen molar-refractivity contribution in [3.63, 3.8) is 0 Å². The zero-order valence-corrected chi connectivity index (χ0v) is 33.0. The van der Waals surface area contributed by atoms with Crippen molar-refractivity contribution in [2.75, 3.05) is 39.9 Å². The molecule has 5 rings (SSSR count). The fraction of sp³-hybridized carbons (Fsp3) is 0.475. The standard InChI is InChI=1S/C40H53N7O5S2/c1-28(2)38-44-32(26-53-38)25-46(3)40(50)45-35(16-17-47-18-20-51-21-19-47)37(48)43-31(22-29-10-6-4-7-11-29)14-15-36(52-39(41)49)34(23-33-24-42-27-54-33)30-12-8-5-9-13-30/h4-13,24,26-28,31,34-36H,14-23,25H2,1-3H3,(H2,41,49)(H,43,48)(H,45,50)/t31-,34?,35+,36-/m1/s1. The van der Waals surface area contributed by atoms with Crippen LogP contribution in [0.5, 0.6) is 0 Å². The summed E-state index contributed by atoms with van der Waals surface area (Å²) in [6, 6.07) is 18.5. The summed E-state index contributed by atoms with van der Waals surface area (Å²) >= 11 is 3.14. The summed E-state index contributed by atoms with van der Waals surface area (Å²) in [7, 11) is 1.72. The normalized spacial score (nSPS) is 15.6. The van der Waals surface area contributed by atoms with E-state index in [-0.39, 0.29) is 23.9 Å². The van der Waals surface area contributed by atoms with Crippen molar-refractivity contribution < 1.29 is 23.9 Å². The number of rotatable bonds is 19. The molecule has 3 heterocycles. The highest BCUT2D eigenvalue weighted by atomic mass is 32.1. The van der Waals surface area contributed by atoms with Crippen LogP contribution >= 0.6 is 22.7 Å². The maximum Gasteiger partial charge on any atom is 0.404 e. The molecule has 2 aromatic carbocycles. The number of carbonyl (C=O) groups excluding carboxylic acids is 3. The number of thiazole rings is 2. The van der Waals surface area contributed by atoms with Crippen molar-refractivity contribution >= 4 is 40.7 Å². The Labute approximate surface area is 326 Å². The number of nitrogens with zero attached hydrogens (tertiary/aromatic N) is 4. The number of morpholine rings is 1.